The van der Waals surface area contributed by atoms with Crippen molar-refractivity contribution in [3.05, 3.63) is 0 Å². The molecule has 3 saturated carbocycles. The van der Waals surface area contributed by atoms with Gasteiger partial charge in [0.25, 0.3) is 0 Å². The summed E-state index contributed by atoms with van der Waals surface area (Å²) in [5.41, 5.74) is -0.988. The highest BCUT2D eigenvalue weighted by molar-refractivity contribution is 5.77. The number of nitrogens with one attached hydrogen (secondary N) is 1. The van der Waals surface area contributed by atoms with Crippen LogP contribution in [0.2, 0.25) is 0 Å². The number of alkyl carbamates (subject to hydrolysis) is 1. The van der Waals surface area contributed by atoms with Crippen molar-refractivity contribution < 1.29 is 29.6 Å². The van der Waals surface area contributed by atoms with Gasteiger partial charge in [-0.3, -0.25) is 4.79 Å². The summed E-state index contributed by atoms with van der Waals surface area (Å²) in [6, 6.07) is 0.0420. The van der Waals surface area contributed by atoms with Crippen LogP contribution in [0, 0.1) is 22.7 Å². The Balaban J connectivity index is 1.47. The number of hydrogen-bond donors (Lipinski definition) is 4. The standard InChI is InChI=1S/C27H46N2O6/c1-26-13-12-23(35-25(34)28-18-7-4-3-5-8-18)27(2,17-31)22(26)11-10-21(32)20(26)15-24(33)29-14-6-9-19(29)16-30/h18-23,30-32H,3-17H2,1-2H3,(H,28,34)/t19-,20+,21+,22-,23+,26-,27-/m0/s1. The summed E-state index contributed by atoms with van der Waals surface area (Å²) in [5, 5.41) is 34.4. The van der Waals surface area contributed by atoms with E-state index >= 15 is 0 Å². The van der Waals surface area contributed by atoms with Crippen LogP contribution in [0.25, 0.3) is 0 Å². The van der Waals surface area contributed by atoms with Crippen molar-refractivity contribution in [2.75, 3.05) is 19.8 Å². The van der Waals surface area contributed by atoms with Crippen LogP contribution in [-0.4, -0.2) is 76.3 Å². The van der Waals surface area contributed by atoms with Crippen molar-refractivity contribution >= 4 is 12.0 Å². The average molecular weight is 495 g/mol. The number of amides is 2. The highest BCUT2D eigenvalue weighted by atomic mass is 16.6. The van der Waals surface area contributed by atoms with Gasteiger partial charge < -0.3 is 30.3 Å². The van der Waals surface area contributed by atoms with E-state index in [4.69, 9.17) is 4.74 Å². The lowest BCUT2D eigenvalue weighted by Gasteiger charge is -2.60. The summed E-state index contributed by atoms with van der Waals surface area (Å²) in [4.78, 5) is 27.8. The van der Waals surface area contributed by atoms with Gasteiger partial charge in [0.1, 0.15) is 6.10 Å². The van der Waals surface area contributed by atoms with Gasteiger partial charge in [0, 0.05) is 24.4 Å². The summed E-state index contributed by atoms with van der Waals surface area (Å²) in [5.74, 6) is -0.199. The smallest absolute Gasteiger partial charge is 0.407 e. The van der Waals surface area contributed by atoms with E-state index in [9.17, 15) is 24.9 Å². The molecule has 200 valence electrons. The molecule has 1 aliphatic heterocycles. The van der Waals surface area contributed by atoms with Crippen molar-refractivity contribution in [2.24, 2.45) is 22.7 Å². The maximum absolute atomic E-state index is 13.3. The number of carbonyl (C=O) groups excluding carboxylic acids is 2. The number of fused-ring (bicyclic) bond motifs is 1. The minimum absolute atomic E-state index is 0.00316. The molecule has 0 aromatic heterocycles. The van der Waals surface area contributed by atoms with E-state index in [0.717, 1.165) is 51.4 Å². The Hall–Kier alpha value is -1.38. The van der Waals surface area contributed by atoms with Gasteiger partial charge in [-0.2, -0.15) is 0 Å². The number of aliphatic hydroxyl groups excluding tert-OH is 3. The number of carbonyl (C=O) groups is 2. The number of rotatable bonds is 6. The molecule has 0 bridgehead atoms. The molecule has 7 atom stereocenters. The normalized spacial score (nSPS) is 40.3. The molecule has 0 aromatic carbocycles. The first-order chi connectivity index (χ1) is 16.7. The number of likely N-dealkylation sites (tertiary alicyclic amines) is 1. The molecular formula is C27H46N2O6. The van der Waals surface area contributed by atoms with E-state index in [1.807, 2.05) is 6.92 Å². The van der Waals surface area contributed by atoms with Crippen LogP contribution < -0.4 is 5.32 Å². The van der Waals surface area contributed by atoms with Crippen molar-refractivity contribution in [3.8, 4) is 0 Å². The quantitative estimate of drug-likeness (QED) is 0.451. The second-order valence-corrected chi connectivity index (χ2v) is 12.2. The molecular weight excluding hydrogens is 448 g/mol. The third-order valence-corrected chi connectivity index (χ3v) is 10.2. The van der Waals surface area contributed by atoms with Gasteiger partial charge in [0.15, 0.2) is 0 Å². The molecule has 4 N–H and O–H groups in total. The van der Waals surface area contributed by atoms with Crippen molar-refractivity contribution in [3.63, 3.8) is 0 Å². The van der Waals surface area contributed by atoms with E-state index in [1.165, 1.54) is 6.42 Å². The first-order valence-electron chi connectivity index (χ1n) is 13.9. The molecule has 8 nitrogen and oxygen atoms in total. The lowest BCUT2D eigenvalue weighted by atomic mass is 9.46. The zero-order valence-corrected chi connectivity index (χ0v) is 21.6. The summed E-state index contributed by atoms with van der Waals surface area (Å²) in [6.45, 7) is 4.69. The molecule has 3 aliphatic carbocycles. The largest absolute Gasteiger partial charge is 0.446 e. The van der Waals surface area contributed by atoms with Crippen molar-refractivity contribution in [1.82, 2.24) is 10.2 Å². The van der Waals surface area contributed by atoms with Crippen LogP contribution in [0.15, 0.2) is 0 Å². The monoisotopic (exact) mass is 494 g/mol. The highest BCUT2D eigenvalue weighted by Crippen LogP contribution is 2.61. The first kappa shape index (κ1) is 26.7. The molecule has 4 aliphatic rings. The zero-order chi connectivity index (χ0) is 25.2. The Bertz CT molecular complexity index is 758. The molecule has 0 spiro atoms. The van der Waals surface area contributed by atoms with Gasteiger partial charge in [0.05, 0.1) is 25.4 Å². The van der Waals surface area contributed by atoms with E-state index in [2.05, 4.69) is 12.2 Å². The fraction of sp³-hybridized carbons (Fsp3) is 0.926. The lowest BCUT2D eigenvalue weighted by Crippen LogP contribution is -2.61. The predicted octanol–water partition coefficient (Wildman–Crippen LogP) is 2.97. The van der Waals surface area contributed by atoms with Gasteiger partial charge in [-0.1, -0.05) is 33.1 Å². The minimum atomic E-state index is -0.639. The Morgan fingerprint density at radius 1 is 1.00 bits per heavy atom. The highest BCUT2D eigenvalue weighted by Gasteiger charge is 2.60. The summed E-state index contributed by atoms with van der Waals surface area (Å²) >= 11 is 0. The second-order valence-electron chi connectivity index (χ2n) is 12.2. The number of nitrogens with zero attached hydrogens (tertiary/aromatic N) is 1. The van der Waals surface area contributed by atoms with Crippen molar-refractivity contribution in [1.29, 1.82) is 0 Å². The molecule has 1 heterocycles. The van der Waals surface area contributed by atoms with Crippen LogP contribution in [0.1, 0.15) is 90.9 Å². The average Bonchev–Trinajstić information content (AvgIpc) is 3.33. The predicted molar refractivity (Wildman–Crippen MR) is 131 cm³/mol. The van der Waals surface area contributed by atoms with E-state index < -0.39 is 23.7 Å². The van der Waals surface area contributed by atoms with Crippen LogP contribution in [0.4, 0.5) is 4.79 Å². The fourth-order valence-corrected chi connectivity index (χ4v) is 8.02. The zero-order valence-electron chi connectivity index (χ0n) is 21.6. The van der Waals surface area contributed by atoms with Crippen LogP contribution >= 0.6 is 0 Å². The Morgan fingerprint density at radius 3 is 2.43 bits per heavy atom. The number of ether oxygens (including phenoxy) is 1. The van der Waals surface area contributed by atoms with Gasteiger partial charge in [-0.15, -0.1) is 0 Å². The minimum Gasteiger partial charge on any atom is -0.446 e. The maximum atomic E-state index is 13.3. The summed E-state index contributed by atoms with van der Waals surface area (Å²) in [6.07, 6.45) is 8.66. The van der Waals surface area contributed by atoms with Gasteiger partial charge >= 0.3 is 6.09 Å². The van der Waals surface area contributed by atoms with E-state index in [-0.39, 0.29) is 54.9 Å². The SMILES string of the molecule is C[C@]1(CO)[C@H]2CC[C@@H](O)[C@@H](CC(=O)N3CCC[C@H]3CO)[C@]2(C)CC[C@H]1OC(=O)NC1CCCCC1. The number of hydrogen-bond acceptors (Lipinski definition) is 6. The molecule has 0 unspecified atom stereocenters. The molecule has 35 heavy (non-hydrogen) atoms. The molecule has 2 amide bonds. The third-order valence-electron chi connectivity index (χ3n) is 10.2. The summed E-state index contributed by atoms with van der Waals surface area (Å²) < 4.78 is 5.97. The Morgan fingerprint density at radius 2 is 1.74 bits per heavy atom. The number of aliphatic hydroxyl groups is 3. The maximum Gasteiger partial charge on any atom is 0.407 e. The van der Waals surface area contributed by atoms with Crippen LogP contribution in [0.3, 0.4) is 0 Å². The van der Waals surface area contributed by atoms with Gasteiger partial charge in [-0.05, 0) is 68.6 Å². The topological polar surface area (TPSA) is 119 Å². The van der Waals surface area contributed by atoms with E-state index in [1.54, 1.807) is 4.90 Å². The van der Waals surface area contributed by atoms with Gasteiger partial charge in [0.2, 0.25) is 5.91 Å². The molecule has 0 radical (unpaired) electrons. The third kappa shape index (κ3) is 5.21. The molecule has 1 saturated heterocycles. The van der Waals surface area contributed by atoms with Crippen LogP contribution in [-0.2, 0) is 9.53 Å². The molecule has 4 fully saturated rings. The Labute approximate surface area is 209 Å². The van der Waals surface area contributed by atoms with Gasteiger partial charge in [-0.25, -0.2) is 4.79 Å². The van der Waals surface area contributed by atoms with Crippen LogP contribution in [0.5, 0.6) is 0 Å². The second kappa shape index (κ2) is 10.9. The first-order valence-corrected chi connectivity index (χ1v) is 13.9. The Kier molecular flexibility index (Phi) is 8.33. The molecule has 4 rings (SSSR count). The fourth-order valence-electron chi connectivity index (χ4n) is 8.02. The van der Waals surface area contributed by atoms with Crippen molar-refractivity contribution in [2.45, 2.75) is 115 Å². The lowest BCUT2D eigenvalue weighted by molar-refractivity contribution is -0.187. The molecule has 0 aromatic rings. The van der Waals surface area contributed by atoms with E-state index in [0.29, 0.717) is 19.4 Å². The summed E-state index contributed by atoms with van der Waals surface area (Å²) in [7, 11) is 0. The molecule has 8 heteroatoms.